The molecule has 3 atom stereocenters. The molecule has 1 aliphatic carbocycles. The van der Waals surface area contributed by atoms with Crippen LogP contribution in [0.15, 0.2) is 30.2 Å². The Labute approximate surface area is 133 Å². The molecule has 0 amide bonds. The Balaban J connectivity index is 1.81. The van der Waals surface area contributed by atoms with Crippen LogP contribution in [0.4, 0.5) is 0 Å². The number of ether oxygens (including phenoxy) is 2. The summed E-state index contributed by atoms with van der Waals surface area (Å²) in [5.74, 6) is -0.558. The summed E-state index contributed by atoms with van der Waals surface area (Å²) in [7, 11) is 0. The van der Waals surface area contributed by atoms with E-state index in [4.69, 9.17) is 21.1 Å². The lowest BCUT2D eigenvalue weighted by Crippen LogP contribution is -2.27. The molecule has 2 aromatic rings. The van der Waals surface area contributed by atoms with Crippen LogP contribution in [-0.2, 0) is 9.47 Å². The quantitative estimate of drug-likeness (QED) is 0.628. The molecule has 0 unspecified atom stereocenters. The molecular formula is C16H18ClN3O2. The fourth-order valence-corrected chi connectivity index (χ4v) is 3.66. The van der Waals surface area contributed by atoms with E-state index in [0.29, 0.717) is 5.15 Å². The second kappa shape index (κ2) is 4.78. The smallest absolute Gasteiger partial charge is 0.164 e. The number of hydrogen-bond acceptors (Lipinski definition) is 4. The maximum absolute atomic E-state index is 6.15. The summed E-state index contributed by atoms with van der Waals surface area (Å²) >= 11 is 6.15. The molecule has 0 bridgehead atoms. The number of fused-ring (bicyclic) bond motifs is 2. The molecule has 22 heavy (non-hydrogen) atoms. The monoisotopic (exact) mass is 319 g/mol. The molecule has 4 rings (SSSR count). The van der Waals surface area contributed by atoms with Gasteiger partial charge in [0, 0.05) is 6.20 Å². The largest absolute Gasteiger partial charge is 0.342 e. The molecule has 2 aromatic heterocycles. The van der Waals surface area contributed by atoms with E-state index in [1.54, 1.807) is 0 Å². The summed E-state index contributed by atoms with van der Waals surface area (Å²) in [5, 5.41) is 1.33. The van der Waals surface area contributed by atoms with E-state index >= 15 is 0 Å². The molecule has 0 saturated carbocycles. The zero-order chi connectivity index (χ0) is 15.5. The van der Waals surface area contributed by atoms with Crippen molar-refractivity contribution in [2.24, 2.45) is 0 Å². The van der Waals surface area contributed by atoms with Gasteiger partial charge >= 0.3 is 0 Å². The van der Waals surface area contributed by atoms with Crippen molar-refractivity contribution in [3.05, 3.63) is 35.4 Å². The van der Waals surface area contributed by atoms with Crippen molar-refractivity contribution in [2.75, 3.05) is 0 Å². The highest BCUT2D eigenvalue weighted by Gasteiger charge is 2.50. The van der Waals surface area contributed by atoms with Gasteiger partial charge < -0.3 is 14.0 Å². The van der Waals surface area contributed by atoms with E-state index in [1.807, 2.05) is 26.1 Å². The van der Waals surface area contributed by atoms with E-state index in [0.717, 1.165) is 17.5 Å². The van der Waals surface area contributed by atoms with Gasteiger partial charge in [-0.05, 0) is 31.9 Å². The van der Waals surface area contributed by atoms with Gasteiger partial charge in [-0.25, -0.2) is 9.97 Å². The second-order valence-electron chi connectivity index (χ2n) is 6.23. The zero-order valence-electron chi connectivity index (χ0n) is 12.8. The highest BCUT2D eigenvalue weighted by atomic mass is 35.5. The Morgan fingerprint density at radius 2 is 2.14 bits per heavy atom. The van der Waals surface area contributed by atoms with Gasteiger partial charge in [0.05, 0.1) is 11.4 Å². The van der Waals surface area contributed by atoms with Gasteiger partial charge in [-0.1, -0.05) is 24.6 Å². The summed E-state index contributed by atoms with van der Waals surface area (Å²) in [6, 6.07) is 2.01. The van der Waals surface area contributed by atoms with E-state index in [-0.39, 0.29) is 18.2 Å². The van der Waals surface area contributed by atoms with Gasteiger partial charge in [-0.2, -0.15) is 0 Å². The Hall–Kier alpha value is -1.43. The molecule has 0 N–H and O–H groups in total. The first kappa shape index (κ1) is 14.2. The van der Waals surface area contributed by atoms with E-state index in [1.165, 1.54) is 11.9 Å². The van der Waals surface area contributed by atoms with Crippen LogP contribution in [-0.4, -0.2) is 32.5 Å². The molecule has 0 radical (unpaired) electrons. The predicted octanol–water partition coefficient (Wildman–Crippen LogP) is 3.50. The van der Waals surface area contributed by atoms with Crippen molar-refractivity contribution in [3.8, 4) is 0 Å². The van der Waals surface area contributed by atoms with Crippen molar-refractivity contribution in [3.63, 3.8) is 0 Å². The van der Waals surface area contributed by atoms with Crippen LogP contribution < -0.4 is 0 Å². The highest BCUT2D eigenvalue weighted by molar-refractivity contribution is 6.33. The van der Waals surface area contributed by atoms with Crippen LogP contribution in [0.5, 0.6) is 0 Å². The lowest BCUT2D eigenvalue weighted by molar-refractivity contribution is -0.147. The summed E-state index contributed by atoms with van der Waals surface area (Å²) < 4.78 is 14.3. The number of rotatable bonds is 2. The van der Waals surface area contributed by atoms with Crippen molar-refractivity contribution < 1.29 is 9.47 Å². The molecule has 1 saturated heterocycles. The SMILES string of the molecule is CCC1=C[C@@H](n2ccc3c(Cl)ncnc32)[C@@H]2OC(C)(C)O[C@H]12. The lowest BCUT2D eigenvalue weighted by Gasteiger charge is -2.22. The van der Waals surface area contributed by atoms with Crippen LogP contribution in [0.2, 0.25) is 5.15 Å². The molecule has 1 aliphatic heterocycles. The lowest BCUT2D eigenvalue weighted by atomic mass is 10.1. The standard InChI is InChI=1S/C16H18ClN3O2/c1-4-9-7-11(13-12(9)21-16(2,3)22-13)20-6-5-10-14(17)18-8-19-15(10)20/h5-8,11-13H,4H2,1-3H3/t11-,12-,13+/m1/s1. The van der Waals surface area contributed by atoms with Crippen LogP contribution in [0.1, 0.15) is 33.2 Å². The normalized spacial score (nSPS) is 29.8. The van der Waals surface area contributed by atoms with Crippen molar-refractivity contribution >= 4 is 22.6 Å². The molecular weight excluding hydrogens is 302 g/mol. The zero-order valence-corrected chi connectivity index (χ0v) is 13.5. The van der Waals surface area contributed by atoms with Gasteiger partial charge in [0.25, 0.3) is 0 Å². The minimum absolute atomic E-state index is 0.0137. The summed E-state index contributed by atoms with van der Waals surface area (Å²) in [6.07, 6.45) is 6.66. The first-order valence-electron chi connectivity index (χ1n) is 7.53. The van der Waals surface area contributed by atoms with E-state index < -0.39 is 5.79 Å². The van der Waals surface area contributed by atoms with Gasteiger partial charge in [-0.3, -0.25) is 0 Å². The van der Waals surface area contributed by atoms with Gasteiger partial charge in [0.2, 0.25) is 0 Å². The van der Waals surface area contributed by atoms with Crippen molar-refractivity contribution in [1.29, 1.82) is 0 Å². The average Bonchev–Trinajstić information content (AvgIpc) is 3.10. The Kier molecular flexibility index (Phi) is 3.08. The van der Waals surface area contributed by atoms with E-state index in [2.05, 4.69) is 27.5 Å². The van der Waals surface area contributed by atoms with Crippen molar-refractivity contribution in [2.45, 2.75) is 51.2 Å². The Morgan fingerprint density at radius 1 is 1.32 bits per heavy atom. The topological polar surface area (TPSA) is 49.2 Å². The van der Waals surface area contributed by atoms with Gasteiger partial charge in [0.15, 0.2) is 5.79 Å². The molecule has 3 heterocycles. The maximum Gasteiger partial charge on any atom is 0.164 e. The van der Waals surface area contributed by atoms with Crippen LogP contribution in [0, 0.1) is 0 Å². The molecule has 2 aliphatic rings. The first-order chi connectivity index (χ1) is 10.5. The fraction of sp³-hybridized carbons (Fsp3) is 0.500. The van der Waals surface area contributed by atoms with E-state index in [9.17, 15) is 0 Å². The third-order valence-electron chi connectivity index (χ3n) is 4.41. The maximum atomic E-state index is 6.15. The molecule has 0 spiro atoms. The summed E-state index contributed by atoms with van der Waals surface area (Å²) in [6.45, 7) is 6.07. The highest BCUT2D eigenvalue weighted by Crippen LogP contribution is 2.44. The van der Waals surface area contributed by atoms with Crippen LogP contribution in [0.3, 0.4) is 0 Å². The molecule has 5 nitrogen and oxygen atoms in total. The molecule has 0 aromatic carbocycles. The number of aromatic nitrogens is 3. The minimum Gasteiger partial charge on any atom is -0.342 e. The molecule has 116 valence electrons. The Morgan fingerprint density at radius 3 is 2.91 bits per heavy atom. The number of hydrogen-bond donors (Lipinski definition) is 0. The van der Waals surface area contributed by atoms with Crippen LogP contribution >= 0.6 is 11.6 Å². The van der Waals surface area contributed by atoms with Gasteiger partial charge in [-0.15, -0.1) is 0 Å². The average molecular weight is 320 g/mol. The van der Waals surface area contributed by atoms with Crippen molar-refractivity contribution in [1.82, 2.24) is 14.5 Å². The third-order valence-corrected chi connectivity index (χ3v) is 4.71. The van der Waals surface area contributed by atoms with Gasteiger partial charge in [0.1, 0.15) is 29.3 Å². The first-order valence-corrected chi connectivity index (χ1v) is 7.91. The van der Waals surface area contributed by atoms with Crippen LogP contribution in [0.25, 0.3) is 11.0 Å². The number of halogens is 1. The summed E-state index contributed by atoms with van der Waals surface area (Å²) in [4.78, 5) is 8.43. The molecule has 1 fully saturated rings. The number of nitrogens with zero attached hydrogens (tertiary/aromatic N) is 3. The second-order valence-corrected chi connectivity index (χ2v) is 6.59. The fourth-order valence-electron chi connectivity index (χ4n) is 3.47. The summed E-state index contributed by atoms with van der Waals surface area (Å²) in [5.41, 5.74) is 2.10. The molecule has 6 heteroatoms. The predicted molar refractivity (Wildman–Crippen MR) is 83.8 cm³/mol. The third kappa shape index (κ3) is 2.00. The Bertz CT molecular complexity index is 768. The minimum atomic E-state index is -0.558.